The molecule has 16 heteroatoms. The van der Waals surface area contributed by atoms with Crippen LogP contribution in [0, 0.1) is 0 Å². The summed E-state index contributed by atoms with van der Waals surface area (Å²) < 4.78 is 41.4. The topological polar surface area (TPSA) is 147 Å². The van der Waals surface area contributed by atoms with E-state index in [1.165, 1.54) is 37.3 Å². The lowest BCUT2D eigenvalue weighted by Gasteiger charge is -2.15. The fourth-order valence-electron chi connectivity index (χ4n) is 3.42. The summed E-state index contributed by atoms with van der Waals surface area (Å²) in [5, 5.41) is 2.58. The average molecular weight is 522 g/mol. The van der Waals surface area contributed by atoms with Crippen LogP contribution in [0.1, 0.15) is 25.7 Å². The number of hydrogen-bond acceptors (Lipinski definition) is 9. The first-order valence-electron chi connectivity index (χ1n) is 10.2. The number of anilines is 1. The Morgan fingerprint density at radius 1 is 1.14 bits per heavy atom. The maximum absolute atomic E-state index is 13.0. The standard InChI is InChI=1S/C20H17F3N8O4S/c1-9(32)6-30-17(34)12-15(29(3)19(30)35)26-7-31(12)10(2)16(33)28-14-13(36-8-27-14)11-4-24-18(25-5-11)20(21,22)23/h4-5,7-8,10H,6H2,1-3H3,(H,28,33). The molecule has 4 aromatic rings. The van der Waals surface area contributed by atoms with Crippen molar-refractivity contribution < 1.29 is 22.8 Å². The van der Waals surface area contributed by atoms with Gasteiger partial charge >= 0.3 is 11.9 Å². The number of halogens is 3. The van der Waals surface area contributed by atoms with Crippen molar-refractivity contribution in [2.75, 3.05) is 5.32 Å². The fraction of sp³-hybridized carbons (Fsp3) is 0.300. The van der Waals surface area contributed by atoms with Gasteiger partial charge in [-0.25, -0.2) is 24.7 Å². The van der Waals surface area contributed by atoms with E-state index >= 15 is 0 Å². The first kappa shape index (κ1) is 24.9. The SMILES string of the molecule is CC(=O)Cn1c(=O)c2c(ncn2C(C)C(=O)Nc2ncsc2-c2cnc(C(F)(F)F)nc2)n(C)c1=O. The van der Waals surface area contributed by atoms with Gasteiger partial charge in [0.1, 0.15) is 11.8 Å². The first-order valence-corrected chi connectivity index (χ1v) is 11.1. The number of rotatable bonds is 6. The van der Waals surface area contributed by atoms with Crippen LogP contribution in [0.25, 0.3) is 21.6 Å². The highest BCUT2D eigenvalue weighted by Gasteiger charge is 2.34. The number of aromatic nitrogens is 7. The molecule has 188 valence electrons. The highest BCUT2D eigenvalue weighted by Crippen LogP contribution is 2.33. The molecule has 12 nitrogen and oxygen atoms in total. The summed E-state index contributed by atoms with van der Waals surface area (Å²) in [6.45, 7) is 2.27. The summed E-state index contributed by atoms with van der Waals surface area (Å²) >= 11 is 1.05. The van der Waals surface area contributed by atoms with Crippen molar-refractivity contribution >= 4 is 40.0 Å². The number of nitrogens with zero attached hydrogens (tertiary/aromatic N) is 7. The Balaban J connectivity index is 1.66. The predicted molar refractivity (Wildman–Crippen MR) is 121 cm³/mol. The first-order chi connectivity index (χ1) is 16.9. The zero-order chi connectivity index (χ0) is 26.4. The van der Waals surface area contributed by atoms with Crippen LogP contribution in [-0.4, -0.2) is 45.3 Å². The third-order valence-corrected chi connectivity index (χ3v) is 6.09. The number of aryl methyl sites for hydroxylation is 1. The molecule has 4 rings (SSSR count). The Morgan fingerprint density at radius 3 is 2.42 bits per heavy atom. The van der Waals surface area contributed by atoms with E-state index in [2.05, 4.69) is 25.3 Å². The molecule has 0 aliphatic heterocycles. The third kappa shape index (κ3) is 4.41. The number of fused-ring (bicyclic) bond motifs is 1. The number of carbonyl (C=O) groups excluding carboxylic acids is 2. The average Bonchev–Trinajstić information content (AvgIpc) is 3.47. The summed E-state index contributed by atoms with van der Waals surface area (Å²) in [5.41, 5.74) is 0.0587. The van der Waals surface area contributed by atoms with Gasteiger partial charge in [0, 0.05) is 25.0 Å². The van der Waals surface area contributed by atoms with Crippen LogP contribution in [0.2, 0.25) is 0 Å². The number of alkyl halides is 3. The molecule has 1 N–H and O–H groups in total. The van der Waals surface area contributed by atoms with Crippen molar-refractivity contribution in [3.05, 3.63) is 50.9 Å². The number of carbonyl (C=O) groups is 2. The highest BCUT2D eigenvalue weighted by molar-refractivity contribution is 7.13. The van der Waals surface area contributed by atoms with E-state index in [0.717, 1.165) is 32.9 Å². The molecule has 0 aliphatic carbocycles. The largest absolute Gasteiger partial charge is 0.451 e. The second-order valence-electron chi connectivity index (χ2n) is 7.75. The second kappa shape index (κ2) is 9.10. The molecule has 0 aromatic carbocycles. The molecule has 4 aromatic heterocycles. The lowest BCUT2D eigenvalue weighted by atomic mass is 10.2. The van der Waals surface area contributed by atoms with E-state index in [4.69, 9.17) is 0 Å². The van der Waals surface area contributed by atoms with E-state index in [9.17, 15) is 32.3 Å². The van der Waals surface area contributed by atoms with Gasteiger partial charge in [0.2, 0.25) is 11.7 Å². The summed E-state index contributed by atoms with van der Waals surface area (Å²) in [6.07, 6.45) is -1.52. The van der Waals surface area contributed by atoms with Crippen molar-refractivity contribution in [2.24, 2.45) is 7.05 Å². The number of nitrogens with one attached hydrogen (secondary N) is 1. The maximum atomic E-state index is 13.0. The molecule has 4 heterocycles. The molecule has 36 heavy (non-hydrogen) atoms. The number of amides is 1. The van der Waals surface area contributed by atoms with Crippen LogP contribution >= 0.6 is 11.3 Å². The Hall–Kier alpha value is -4.21. The van der Waals surface area contributed by atoms with Crippen LogP contribution in [0.3, 0.4) is 0 Å². The maximum Gasteiger partial charge on any atom is 0.451 e. The summed E-state index contributed by atoms with van der Waals surface area (Å²) in [6, 6.07) is -1.02. The number of hydrogen-bond donors (Lipinski definition) is 1. The van der Waals surface area contributed by atoms with Crippen molar-refractivity contribution in [3.63, 3.8) is 0 Å². The van der Waals surface area contributed by atoms with Crippen molar-refractivity contribution in [1.82, 2.24) is 33.6 Å². The van der Waals surface area contributed by atoms with E-state index in [1.54, 1.807) is 0 Å². The molecule has 0 bridgehead atoms. The molecule has 0 spiro atoms. The lowest BCUT2D eigenvalue weighted by Crippen LogP contribution is -2.41. The lowest BCUT2D eigenvalue weighted by molar-refractivity contribution is -0.145. The highest BCUT2D eigenvalue weighted by atomic mass is 32.1. The minimum Gasteiger partial charge on any atom is -0.312 e. The van der Waals surface area contributed by atoms with E-state index in [-0.39, 0.29) is 22.5 Å². The molecule has 0 radical (unpaired) electrons. The smallest absolute Gasteiger partial charge is 0.312 e. The zero-order valence-electron chi connectivity index (χ0n) is 18.9. The van der Waals surface area contributed by atoms with E-state index < -0.39 is 47.5 Å². The minimum atomic E-state index is -4.70. The number of thiazole rings is 1. The van der Waals surface area contributed by atoms with Gasteiger partial charge in [-0.05, 0) is 13.8 Å². The van der Waals surface area contributed by atoms with Gasteiger partial charge in [0.05, 0.1) is 23.3 Å². The molecular formula is C20H17F3N8O4S. The van der Waals surface area contributed by atoms with Crippen molar-refractivity contribution in [2.45, 2.75) is 32.6 Å². The van der Waals surface area contributed by atoms with E-state index in [1.807, 2.05) is 0 Å². The number of imidazole rings is 1. The molecule has 0 saturated carbocycles. The Bertz CT molecular complexity index is 1600. The third-order valence-electron chi connectivity index (χ3n) is 5.21. The molecular weight excluding hydrogens is 505 g/mol. The van der Waals surface area contributed by atoms with Crippen LogP contribution < -0.4 is 16.6 Å². The van der Waals surface area contributed by atoms with Gasteiger partial charge in [-0.1, -0.05) is 0 Å². The van der Waals surface area contributed by atoms with Gasteiger partial charge < -0.3 is 9.88 Å². The molecule has 1 amide bonds. The molecule has 0 aliphatic rings. The van der Waals surface area contributed by atoms with Crippen LogP contribution in [0.4, 0.5) is 19.0 Å². The fourth-order valence-corrected chi connectivity index (χ4v) is 4.14. The normalized spacial score (nSPS) is 12.6. The Morgan fingerprint density at radius 2 is 1.81 bits per heavy atom. The van der Waals surface area contributed by atoms with Gasteiger partial charge in [-0.15, -0.1) is 11.3 Å². The molecule has 0 fully saturated rings. The monoisotopic (exact) mass is 522 g/mol. The number of ketones is 1. The van der Waals surface area contributed by atoms with Crippen LogP contribution in [-0.2, 0) is 29.4 Å². The van der Waals surface area contributed by atoms with Crippen LogP contribution in [0.5, 0.6) is 0 Å². The van der Waals surface area contributed by atoms with Crippen molar-refractivity contribution in [3.8, 4) is 10.4 Å². The number of Topliss-reactive ketones (excluding diaryl/α,β-unsaturated/α-hetero) is 1. The predicted octanol–water partition coefficient (Wildman–Crippen LogP) is 1.62. The van der Waals surface area contributed by atoms with Gasteiger partial charge in [-0.2, -0.15) is 13.2 Å². The summed E-state index contributed by atoms with van der Waals surface area (Å²) in [4.78, 5) is 65.2. The molecule has 1 unspecified atom stereocenters. The zero-order valence-corrected chi connectivity index (χ0v) is 19.7. The van der Waals surface area contributed by atoms with Crippen molar-refractivity contribution in [1.29, 1.82) is 0 Å². The minimum absolute atomic E-state index is 0.0284. The summed E-state index contributed by atoms with van der Waals surface area (Å²) in [5.74, 6) is -2.27. The van der Waals surface area contributed by atoms with Gasteiger partial charge in [0.25, 0.3) is 5.56 Å². The Kier molecular flexibility index (Phi) is 6.30. The Labute approximate surface area is 203 Å². The van der Waals surface area contributed by atoms with Gasteiger partial charge in [0.15, 0.2) is 17.0 Å². The molecule has 1 atom stereocenters. The van der Waals surface area contributed by atoms with Crippen LogP contribution in [0.15, 0.2) is 33.8 Å². The van der Waals surface area contributed by atoms with E-state index in [0.29, 0.717) is 4.88 Å². The summed E-state index contributed by atoms with van der Waals surface area (Å²) in [7, 11) is 1.39. The second-order valence-corrected chi connectivity index (χ2v) is 8.60. The van der Waals surface area contributed by atoms with Gasteiger partial charge in [-0.3, -0.25) is 23.5 Å². The quantitative estimate of drug-likeness (QED) is 0.402. The molecule has 0 saturated heterocycles.